The van der Waals surface area contributed by atoms with E-state index in [0.717, 1.165) is 49.5 Å². The Hall–Kier alpha value is -2.31. The molecule has 2 aromatic carbocycles. The summed E-state index contributed by atoms with van der Waals surface area (Å²) in [6, 6.07) is 12.7. The number of rotatable bonds is 6. The lowest BCUT2D eigenvalue weighted by Crippen LogP contribution is -2.35. The van der Waals surface area contributed by atoms with Crippen LogP contribution in [0.4, 0.5) is 11.4 Å². The average Bonchev–Trinajstić information content (AvgIpc) is 2.73. The molecule has 154 valence electrons. The first-order valence-corrected chi connectivity index (χ1v) is 10.8. The Morgan fingerprint density at radius 3 is 2.55 bits per heavy atom. The van der Waals surface area contributed by atoms with Crippen molar-refractivity contribution in [2.75, 3.05) is 29.9 Å². The van der Waals surface area contributed by atoms with Crippen molar-refractivity contribution in [3.05, 3.63) is 53.1 Å². The minimum absolute atomic E-state index is 0.238. The smallest absolute Gasteiger partial charge is 0.257 e. The zero-order chi connectivity index (χ0) is 20.6. The van der Waals surface area contributed by atoms with Gasteiger partial charge in [0.15, 0.2) is 5.11 Å². The third-order valence-corrected chi connectivity index (χ3v) is 5.23. The highest BCUT2D eigenvalue weighted by Gasteiger charge is 2.18. The van der Waals surface area contributed by atoms with Crippen LogP contribution in [0.1, 0.15) is 43.0 Å². The van der Waals surface area contributed by atoms with Crippen LogP contribution in [-0.2, 0) is 0 Å². The number of nitrogens with zero attached hydrogens (tertiary/aromatic N) is 1. The Balaban J connectivity index is 1.64. The fourth-order valence-corrected chi connectivity index (χ4v) is 3.80. The summed E-state index contributed by atoms with van der Waals surface area (Å²) in [4.78, 5) is 14.8. The molecule has 29 heavy (non-hydrogen) atoms. The number of para-hydroxylation sites is 1. The molecule has 0 aliphatic carbocycles. The van der Waals surface area contributed by atoms with Crippen LogP contribution in [0.2, 0.25) is 5.02 Å². The van der Waals surface area contributed by atoms with Gasteiger partial charge in [0, 0.05) is 18.7 Å². The molecule has 0 aromatic heterocycles. The van der Waals surface area contributed by atoms with E-state index in [1.54, 1.807) is 24.3 Å². The highest BCUT2D eigenvalue weighted by atomic mass is 35.5. The van der Waals surface area contributed by atoms with E-state index in [0.29, 0.717) is 17.2 Å². The fourth-order valence-electron chi connectivity index (χ4n) is 3.31. The van der Waals surface area contributed by atoms with Gasteiger partial charge in [0.25, 0.3) is 5.91 Å². The second kappa shape index (κ2) is 10.5. The molecule has 1 fully saturated rings. The molecule has 1 saturated heterocycles. The maximum atomic E-state index is 12.5. The maximum Gasteiger partial charge on any atom is 0.257 e. The van der Waals surface area contributed by atoms with Crippen molar-refractivity contribution < 1.29 is 9.53 Å². The minimum atomic E-state index is -0.272. The Kier molecular flexibility index (Phi) is 7.72. The summed E-state index contributed by atoms with van der Waals surface area (Å²) in [5, 5.41) is 6.79. The van der Waals surface area contributed by atoms with Crippen molar-refractivity contribution in [3.63, 3.8) is 0 Å². The number of hydrogen-bond acceptors (Lipinski definition) is 4. The number of hydrogen-bond donors (Lipinski definition) is 2. The number of halogens is 1. The first kappa shape index (κ1) is 21.4. The van der Waals surface area contributed by atoms with Crippen LogP contribution in [0.15, 0.2) is 42.5 Å². The molecule has 0 atom stereocenters. The molecule has 0 radical (unpaired) electrons. The molecule has 1 amide bonds. The lowest BCUT2D eigenvalue weighted by molar-refractivity contribution is 0.0977. The second-order valence-corrected chi connectivity index (χ2v) is 7.78. The van der Waals surface area contributed by atoms with E-state index < -0.39 is 0 Å². The first-order chi connectivity index (χ1) is 14.1. The molecule has 3 rings (SSSR count). The van der Waals surface area contributed by atoms with Crippen LogP contribution in [0.5, 0.6) is 5.75 Å². The third kappa shape index (κ3) is 5.84. The van der Waals surface area contributed by atoms with Gasteiger partial charge in [-0.2, -0.15) is 0 Å². The van der Waals surface area contributed by atoms with Crippen LogP contribution in [0.25, 0.3) is 0 Å². The molecular formula is C22H26ClN3O2S. The number of ether oxygens (including phenoxy) is 1. The van der Waals surface area contributed by atoms with Crippen LogP contribution in [0, 0.1) is 0 Å². The number of piperidine rings is 1. The van der Waals surface area contributed by atoms with Crippen LogP contribution in [0.3, 0.4) is 0 Å². The number of nitrogens with one attached hydrogen (secondary N) is 2. The Bertz CT molecular complexity index is 852. The first-order valence-electron chi connectivity index (χ1n) is 9.97. The van der Waals surface area contributed by atoms with Gasteiger partial charge in [0.05, 0.1) is 23.0 Å². The quantitative estimate of drug-likeness (QED) is 0.612. The van der Waals surface area contributed by atoms with Crippen molar-refractivity contribution in [1.29, 1.82) is 0 Å². The predicted octanol–water partition coefficient (Wildman–Crippen LogP) is 5.25. The maximum absolute atomic E-state index is 12.5. The molecule has 0 saturated carbocycles. The molecule has 7 heteroatoms. The van der Waals surface area contributed by atoms with Gasteiger partial charge in [0.1, 0.15) is 5.75 Å². The Morgan fingerprint density at radius 1 is 1.14 bits per heavy atom. The molecule has 1 aliphatic heterocycles. The van der Waals surface area contributed by atoms with E-state index in [1.165, 1.54) is 6.42 Å². The van der Waals surface area contributed by atoms with Crippen LogP contribution in [-0.4, -0.2) is 30.7 Å². The van der Waals surface area contributed by atoms with Crippen LogP contribution >= 0.6 is 23.8 Å². The number of carbonyl (C=O) groups is 1. The van der Waals surface area contributed by atoms with Crippen molar-refractivity contribution in [2.45, 2.75) is 32.6 Å². The summed E-state index contributed by atoms with van der Waals surface area (Å²) in [6.45, 7) is 4.62. The summed E-state index contributed by atoms with van der Waals surface area (Å²) in [5.41, 5.74) is 2.25. The van der Waals surface area contributed by atoms with Crippen molar-refractivity contribution in [1.82, 2.24) is 5.32 Å². The van der Waals surface area contributed by atoms with Gasteiger partial charge in [0.2, 0.25) is 0 Å². The Morgan fingerprint density at radius 2 is 1.86 bits per heavy atom. The molecule has 1 aliphatic rings. The van der Waals surface area contributed by atoms with Gasteiger partial charge >= 0.3 is 0 Å². The lowest BCUT2D eigenvalue weighted by atomic mass is 10.1. The number of anilines is 2. The summed E-state index contributed by atoms with van der Waals surface area (Å²) in [7, 11) is 0. The third-order valence-electron chi connectivity index (χ3n) is 4.72. The van der Waals surface area contributed by atoms with Gasteiger partial charge in [-0.3, -0.25) is 10.1 Å². The molecule has 0 bridgehead atoms. The SMILES string of the molecule is CCCOc1ccc(C(=O)NC(=S)Nc2cccc(Cl)c2N2CCCCC2)cc1. The Labute approximate surface area is 182 Å². The fraction of sp³-hybridized carbons (Fsp3) is 0.364. The van der Waals surface area contributed by atoms with E-state index in [4.69, 9.17) is 28.6 Å². The monoisotopic (exact) mass is 431 g/mol. The molecule has 0 spiro atoms. The lowest BCUT2D eigenvalue weighted by Gasteiger charge is -2.31. The summed E-state index contributed by atoms with van der Waals surface area (Å²) in [5.74, 6) is 0.472. The molecule has 1 heterocycles. The normalized spacial score (nSPS) is 13.7. The minimum Gasteiger partial charge on any atom is -0.494 e. The second-order valence-electron chi connectivity index (χ2n) is 6.96. The number of thiocarbonyl (C=S) groups is 1. The van der Waals surface area contributed by atoms with E-state index >= 15 is 0 Å². The zero-order valence-electron chi connectivity index (χ0n) is 16.5. The van der Waals surface area contributed by atoms with Gasteiger partial charge < -0.3 is 15.0 Å². The zero-order valence-corrected chi connectivity index (χ0v) is 18.1. The predicted molar refractivity (Wildman–Crippen MR) is 123 cm³/mol. The summed E-state index contributed by atoms with van der Waals surface area (Å²) < 4.78 is 5.54. The molecule has 2 N–H and O–H groups in total. The molecule has 5 nitrogen and oxygen atoms in total. The van der Waals surface area contributed by atoms with E-state index in [1.807, 2.05) is 25.1 Å². The topological polar surface area (TPSA) is 53.6 Å². The summed E-state index contributed by atoms with van der Waals surface area (Å²) >= 11 is 11.8. The molecule has 2 aromatic rings. The molecule has 0 unspecified atom stereocenters. The van der Waals surface area contributed by atoms with E-state index in [9.17, 15) is 4.79 Å². The van der Waals surface area contributed by atoms with Gasteiger partial charge in [-0.25, -0.2) is 0 Å². The molecular weight excluding hydrogens is 406 g/mol. The van der Waals surface area contributed by atoms with Crippen molar-refractivity contribution in [2.24, 2.45) is 0 Å². The van der Waals surface area contributed by atoms with Gasteiger partial charge in [-0.1, -0.05) is 24.6 Å². The number of amides is 1. The summed E-state index contributed by atoms with van der Waals surface area (Å²) in [6.07, 6.45) is 4.46. The highest BCUT2D eigenvalue weighted by Crippen LogP contribution is 2.35. The standard InChI is InChI=1S/C22H26ClN3O2S/c1-2-15-28-17-11-9-16(10-12-17)21(27)25-22(29)24-19-8-6-7-18(23)20(19)26-13-4-3-5-14-26/h6-12H,2-5,13-15H2,1H3,(H2,24,25,27,29). The van der Waals surface area contributed by atoms with Gasteiger partial charge in [-0.15, -0.1) is 0 Å². The van der Waals surface area contributed by atoms with Gasteiger partial charge in [-0.05, 0) is 74.3 Å². The van der Waals surface area contributed by atoms with E-state index in [2.05, 4.69) is 15.5 Å². The number of benzene rings is 2. The van der Waals surface area contributed by atoms with Crippen molar-refractivity contribution in [3.8, 4) is 5.75 Å². The van der Waals surface area contributed by atoms with E-state index in [-0.39, 0.29) is 11.0 Å². The van der Waals surface area contributed by atoms with Crippen molar-refractivity contribution >= 4 is 46.2 Å². The average molecular weight is 432 g/mol. The highest BCUT2D eigenvalue weighted by molar-refractivity contribution is 7.80. The number of carbonyl (C=O) groups excluding carboxylic acids is 1. The largest absolute Gasteiger partial charge is 0.494 e. The van der Waals surface area contributed by atoms with Crippen LogP contribution < -0.4 is 20.3 Å².